The molecule has 0 saturated heterocycles. The lowest BCUT2D eigenvalue weighted by Crippen LogP contribution is -2.57. The smallest absolute Gasteiger partial charge is 0.328 e. The molecule has 1 rings (SSSR count). The highest BCUT2D eigenvalue weighted by Gasteiger charge is 2.31. The van der Waals surface area contributed by atoms with Crippen LogP contribution in [0.5, 0.6) is 0 Å². The average Bonchev–Trinajstić information content (AvgIpc) is 3.31. The maximum atomic E-state index is 13.5. The zero-order valence-electron chi connectivity index (χ0n) is 29.1. The molecular formula is C32H57N7O8S. The second-order valence-corrected chi connectivity index (χ2v) is 17.7. The van der Waals surface area contributed by atoms with Crippen LogP contribution in [0.15, 0.2) is 12.2 Å². The van der Waals surface area contributed by atoms with Gasteiger partial charge in [-0.05, 0) is 76.2 Å². The Morgan fingerprint density at radius 1 is 0.833 bits per heavy atom. The molecule has 1 aliphatic heterocycles. The van der Waals surface area contributed by atoms with Gasteiger partial charge in [-0.1, -0.05) is 20.3 Å². The summed E-state index contributed by atoms with van der Waals surface area (Å²) in [7, 11) is -0.898. The number of carbonyl (C=O) groups is 7. The van der Waals surface area contributed by atoms with Crippen molar-refractivity contribution in [1.29, 1.82) is 0 Å². The Morgan fingerprint density at radius 2 is 1.46 bits per heavy atom. The number of esters is 1. The molecule has 3 atom stereocenters. The highest BCUT2D eigenvalue weighted by Crippen LogP contribution is 2.33. The minimum atomic E-state index is -1.08. The number of imide groups is 1. The number of hydrogen-bond donors (Lipinski definition) is 6. The number of ether oxygens (including phenoxy) is 1. The van der Waals surface area contributed by atoms with Crippen molar-refractivity contribution < 1.29 is 38.3 Å². The molecule has 15 nitrogen and oxygen atoms in total. The highest BCUT2D eigenvalue weighted by atomic mass is 32.3. The van der Waals surface area contributed by atoms with E-state index in [4.69, 9.17) is 16.2 Å². The van der Waals surface area contributed by atoms with E-state index in [0.717, 1.165) is 4.90 Å². The predicted octanol–water partition coefficient (Wildman–Crippen LogP) is 0.397. The van der Waals surface area contributed by atoms with Gasteiger partial charge in [-0.2, -0.15) is 0 Å². The van der Waals surface area contributed by atoms with Crippen molar-refractivity contribution in [2.75, 3.05) is 50.8 Å². The topological polar surface area (TPSA) is 232 Å². The molecular weight excluding hydrogens is 642 g/mol. The first-order valence-electron chi connectivity index (χ1n) is 16.5. The minimum absolute atomic E-state index is 0.117. The molecule has 48 heavy (non-hydrogen) atoms. The number of nitrogens with two attached hydrogens (primary N) is 2. The van der Waals surface area contributed by atoms with Gasteiger partial charge in [0.25, 0.3) is 11.8 Å². The van der Waals surface area contributed by atoms with E-state index in [9.17, 15) is 33.6 Å². The molecule has 0 aromatic rings. The van der Waals surface area contributed by atoms with Crippen LogP contribution in [0.2, 0.25) is 0 Å². The van der Waals surface area contributed by atoms with E-state index in [-0.39, 0.29) is 56.2 Å². The summed E-state index contributed by atoms with van der Waals surface area (Å²) in [5.41, 5.74) is 10.8. The Morgan fingerprint density at radius 3 is 2.04 bits per heavy atom. The summed E-state index contributed by atoms with van der Waals surface area (Å²) in [5.74, 6) is -2.39. The second kappa shape index (κ2) is 22.1. The maximum Gasteiger partial charge on any atom is 0.328 e. The fourth-order valence-electron chi connectivity index (χ4n) is 4.72. The summed E-state index contributed by atoms with van der Waals surface area (Å²) >= 11 is 0. The SMILES string of the molecule is CC(C)[C@H](NC(=O)CCCCCN1C(=O)C=CC1=O)C(=O)N[C@@H](CCCNC(N)=O)C(=O)N[C@@H](CCCCN)C(=O)OCCS(C)(C)C. The first-order valence-corrected chi connectivity index (χ1v) is 19.6. The van der Waals surface area contributed by atoms with Crippen molar-refractivity contribution in [3.63, 3.8) is 0 Å². The van der Waals surface area contributed by atoms with Gasteiger partial charge in [0.2, 0.25) is 17.7 Å². The van der Waals surface area contributed by atoms with E-state index in [0.29, 0.717) is 57.2 Å². The summed E-state index contributed by atoms with van der Waals surface area (Å²) in [5, 5.41) is 10.7. The third kappa shape index (κ3) is 17.5. The monoisotopic (exact) mass is 699 g/mol. The zero-order chi connectivity index (χ0) is 36.3. The van der Waals surface area contributed by atoms with Gasteiger partial charge in [0.15, 0.2) is 0 Å². The number of nitrogens with one attached hydrogen (secondary N) is 4. The van der Waals surface area contributed by atoms with E-state index >= 15 is 0 Å². The number of amides is 7. The summed E-state index contributed by atoms with van der Waals surface area (Å²) in [6.07, 6.45) is 12.5. The number of urea groups is 1. The van der Waals surface area contributed by atoms with E-state index in [1.807, 2.05) is 0 Å². The summed E-state index contributed by atoms with van der Waals surface area (Å²) in [4.78, 5) is 88.4. The summed E-state index contributed by atoms with van der Waals surface area (Å²) in [6, 6.07) is -3.70. The van der Waals surface area contributed by atoms with Crippen LogP contribution in [0, 0.1) is 5.92 Å². The van der Waals surface area contributed by atoms with Crippen LogP contribution in [0.4, 0.5) is 4.79 Å². The van der Waals surface area contributed by atoms with Gasteiger partial charge in [0.05, 0.1) is 6.61 Å². The summed E-state index contributed by atoms with van der Waals surface area (Å²) < 4.78 is 5.50. The molecule has 1 aliphatic rings. The molecule has 0 aromatic carbocycles. The van der Waals surface area contributed by atoms with Crippen molar-refractivity contribution in [1.82, 2.24) is 26.2 Å². The van der Waals surface area contributed by atoms with Gasteiger partial charge < -0.3 is 37.5 Å². The van der Waals surface area contributed by atoms with Crippen molar-refractivity contribution >= 4 is 51.6 Å². The standard InChI is InChI=1S/C32H57N7O8S/c1-22(2)28(38-25(40)14-7-6-10-19-39-26(41)15-16-27(39)42)30(44)36-23(13-11-18-35-32(34)46)29(43)37-24(12-8-9-17-33)31(45)47-20-21-48(3,4)5/h15-16,22-24,28H,6-14,17-21,33H2,1-5H3,(H,36,44)(H,37,43)(H,38,40)(H3,34,35,46)/t23-,24-,28-/m0/s1. The van der Waals surface area contributed by atoms with Crippen LogP contribution in [-0.4, -0.2) is 115 Å². The number of primary amides is 1. The number of nitrogens with zero attached hydrogens (tertiary/aromatic N) is 1. The van der Waals surface area contributed by atoms with Gasteiger partial charge >= 0.3 is 12.0 Å². The predicted molar refractivity (Wildman–Crippen MR) is 186 cm³/mol. The molecule has 274 valence electrons. The third-order valence-corrected chi connectivity index (χ3v) is 8.93. The number of rotatable bonds is 24. The lowest BCUT2D eigenvalue weighted by Gasteiger charge is -2.27. The second-order valence-electron chi connectivity index (χ2n) is 13.1. The molecule has 0 spiro atoms. The number of unbranched alkanes of at least 4 members (excludes halogenated alkanes) is 3. The largest absolute Gasteiger partial charge is 0.463 e. The van der Waals surface area contributed by atoms with Crippen molar-refractivity contribution in [3.05, 3.63) is 12.2 Å². The van der Waals surface area contributed by atoms with E-state index in [1.165, 1.54) is 12.2 Å². The fraction of sp³-hybridized carbons (Fsp3) is 0.719. The summed E-state index contributed by atoms with van der Waals surface area (Å²) in [6.45, 7) is 4.60. The van der Waals surface area contributed by atoms with Crippen LogP contribution in [0.25, 0.3) is 0 Å². The van der Waals surface area contributed by atoms with Gasteiger partial charge in [0.1, 0.15) is 18.1 Å². The lowest BCUT2D eigenvalue weighted by molar-refractivity contribution is -0.148. The Bertz CT molecular complexity index is 1120. The first kappa shape index (κ1) is 42.4. The molecule has 7 amide bonds. The molecule has 0 saturated carbocycles. The van der Waals surface area contributed by atoms with Crippen LogP contribution in [0.1, 0.15) is 71.6 Å². The molecule has 0 aromatic heterocycles. The Hall–Kier alpha value is -3.66. The molecule has 0 unspecified atom stereocenters. The van der Waals surface area contributed by atoms with Crippen LogP contribution in [0.3, 0.4) is 0 Å². The molecule has 0 bridgehead atoms. The average molecular weight is 700 g/mol. The van der Waals surface area contributed by atoms with Gasteiger partial charge in [-0.25, -0.2) is 19.6 Å². The van der Waals surface area contributed by atoms with Gasteiger partial charge in [-0.3, -0.25) is 28.9 Å². The molecule has 1 heterocycles. The highest BCUT2D eigenvalue weighted by molar-refractivity contribution is 8.32. The van der Waals surface area contributed by atoms with Gasteiger partial charge in [0, 0.05) is 37.4 Å². The third-order valence-electron chi connectivity index (χ3n) is 7.54. The number of carbonyl (C=O) groups excluding carboxylic acids is 7. The molecule has 8 N–H and O–H groups in total. The first-order chi connectivity index (χ1) is 22.5. The quantitative estimate of drug-likeness (QED) is 0.0464. The van der Waals surface area contributed by atoms with E-state index in [2.05, 4.69) is 40.0 Å². The zero-order valence-corrected chi connectivity index (χ0v) is 30.0. The van der Waals surface area contributed by atoms with Gasteiger partial charge in [-0.15, -0.1) is 0 Å². The fourth-order valence-corrected chi connectivity index (χ4v) is 5.30. The van der Waals surface area contributed by atoms with Crippen molar-refractivity contribution in [3.8, 4) is 0 Å². The molecule has 0 radical (unpaired) electrons. The van der Waals surface area contributed by atoms with Crippen LogP contribution < -0.4 is 32.7 Å². The van der Waals surface area contributed by atoms with Crippen molar-refractivity contribution in [2.24, 2.45) is 17.4 Å². The minimum Gasteiger partial charge on any atom is -0.463 e. The molecule has 0 fully saturated rings. The normalized spacial score (nSPS) is 15.1. The molecule has 0 aliphatic carbocycles. The van der Waals surface area contributed by atoms with Crippen LogP contribution >= 0.6 is 10.0 Å². The molecule has 16 heteroatoms. The van der Waals surface area contributed by atoms with E-state index in [1.54, 1.807) is 13.8 Å². The van der Waals surface area contributed by atoms with E-state index < -0.39 is 52.0 Å². The Kier molecular flexibility index (Phi) is 19.5. The Balaban J connectivity index is 2.87. The maximum absolute atomic E-state index is 13.5. The lowest BCUT2D eigenvalue weighted by atomic mass is 10.0. The van der Waals surface area contributed by atoms with Crippen LogP contribution in [-0.2, 0) is 33.5 Å². The number of hydrogen-bond acceptors (Lipinski definition) is 9. The Labute approximate surface area is 285 Å². The van der Waals surface area contributed by atoms with Crippen molar-refractivity contribution in [2.45, 2.75) is 89.8 Å².